The minimum atomic E-state index is -1.48. The van der Waals surface area contributed by atoms with E-state index in [1.165, 1.54) is 18.4 Å². The Morgan fingerprint density at radius 1 is 0.933 bits per heavy atom. The molecule has 30 heavy (non-hydrogen) atoms. The molecule has 0 spiro atoms. The van der Waals surface area contributed by atoms with Gasteiger partial charge in [-0.05, 0) is 41.5 Å². The Bertz CT molecular complexity index is 901. The molecule has 0 bridgehead atoms. The summed E-state index contributed by atoms with van der Waals surface area (Å²) in [5.41, 5.74) is 2.84. The lowest BCUT2D eigenvalue weighted by molar-refractivity contribution is -0.231. The highest BCUT2D eigenvalue weighted by atomic mass is 35.5. The molecule has 2 fully saturated rings. The summed E-state index contributed by atoms with van der Waals surface area (Å²) in [6.07, 6.45) is -3.92. The topological polar surface area (TPSA) is 90.2 Å². The Labute approximate surface area is 183 Å². The molecule has 2 aromatic carbocycles. The van der Waals surface area contributed by atoms with Crippen LogP contribution in [0, 0.1) is 0 Å². The van der Waals surface area contributed by atoms with E-state index >= 15 is 0 Å². The number of aliphatic hydroxyl groups is 4. The van der Waals surface area contributed by atoms with Crippen LogP contribution in [0.3, 0.4) is 0 Å². The van der Waals surface area contributed by atoms with E-state index in [0.29, 0.717) is 27.6 Å². The van der Waals surface area contributed by atoms with Gasteiger partial charge < -0.3 is 25.2 Å². The van der Waals surface area contributed by atoms with Crippen LogP contribution in [0.15, 0.2) is 42.5 Å². The summed E-state index contributed by atoms with van der Waals surface area (Å²) in [6, 6.07) is 12.7. The summed E-state index contributed by atoms with van der Waals surface area (Å²) in [4.78, 5) is 0. The molecule has 154 valence electrons. The van der Waals surface area contributed by atoms with Gasteiger partial charge in [-0.25, -0.2) is 0 Å². The fourth-order valence-electron chi connectivity index (χ4n) is 4.02. The number of hydrogen-bond donors (Lipinski definition) is 4. The van der Waals surface area contributed by atoms with E-state index in [0.717, 1.165) is 0 Å². The molecular formula is C22H23B2ClO5. The van der Waals surface area contributed by atoms with Crippen LogP contribution in [0.25, 0.3) is 0 Å². The highest BCUT2D eigenvalue weighted by Gasteiger charge is 2.44. The van der Waals surface area contributed by atoms with Gasteiger partial charge in [0.15, 0.2) is 0 Å². The standard InChI is InChI=1S/C22H23B2ClO5/c23-22(24,14-6-3-12(4-7-14)11-1-2-11)15-9-13(5-8-16(15)25)21-20(29)19(28)18(27)17(10-26)30-21/h3-9,11,17-21,26-29H,1-2,10H2/t17-,18-,19+,20-,21+/m1/s1. The number of benzene rings is 2. The molecule has 1 saturated heterocycles. The average Bonchev–Trinajstić information content (AvgIpc) is 3.58. The zero-order valence-electron chi connectivity index (χ0n) is 16.4. The lowest BCUT2D eigenvalue weighted by atomic mass is 9.48. The van der Waals surface area contributed by atoms with Gasteiger partial charge in [0.05, 0.1) is 22.3 Å². The van der Waals surface area contributed by atoms with Crippen LogP contribution in [-0.2, 0) is 9.95 Å². The Hall–Kier alpha value is -1.34. The summed E-state index contributed by atoms with van der Waals surface area (Å²) >= 11 is 6.41. The molecular weight excluding hydrogens is 401 g/mol. The smallest absolute Gasteiger partial charge is 0.113 e. The van der Waals surface area contributed by atoms with Gasteiger partial charge in [0.1, 0.15) is 30.5 Å². The van der Waals surface area contributed by atoms with Crippen LogP contribution in [0.1, 0.15) is 47.1 Å². The zero-order valence-corrected chi connectivity index (χ0v) is 17.1. The summed E-state index contributed by atoms with van der Waals surface area (Å²) in [5.74, 6) is 0.613. The molecule has 0 aromatic heterocycles. The number of aliphatic hydroxyl groups excluding tert-OH is 4. The first-order valence-electron chi connectivity index (χ1n) is 10.0. The Morgan fingerprint density at radius 3 is 2.17 bits per heavy atom. The second-order valence-electron chi connectivity index (χ2n) is 8.25. The third-order valence-corrected chi connectivity index (χ3v) is 6.42. The molecule has 0 unspecified atom stereocenters. The van der Waals surface area contributed by atoms with Gasteiger partial charge >= 0.3 is 0 Å². The molecule has 1 saturated carbocycles. The van der Waals surface area contributed by atoms with E-state index < -0.39 is 42.3 Å². The lowest BCUT2D eigenvalue weighted by Gasteiger charge is -2.40. The summed E-state index contributed by atoms with van der Waals surface area (Å²) in [6.45, 7) is -0.507. The van der Waals surface area contributed by atoms with Crippen LogP contribution in [0.4, 0.5) is 0 Å². The molecule has 1 aliphatic heterocycles. The molecule has 4 N–H and O–H groups in total. The van der Waals surface area contributed by atoms with Crippen LogP contribution in [0.5, 0.6) is 0 Å². The molecule has 5 nitrogen and oxygen atoms in total. The fourth-order valence-corrected chi connectivity index (χ4v) is 4.29. The fraction of sp³-hybridized carbons (Fsp3) is 0.455. The average molecular weight is 424 g/mol. The predicted octanol–water partition coefficient (Wildman–Crippen LogP) is 1.27. The summed E-state index contributed by atoms with van der Waals surface area (Å²) in [7, 11) is 13.0. The largest absolute Gasteiger partial charge is 0.394 e. The van der Waals surface area contributed by atoms with E-state index in [1.54, 1.807) is 18.2 Å². The van der Waals surface area contributed by atoms with E-state index in [4.69, 9.17) is 32.0 Å². The van der Waals surface area contributed by atoms with E-state index in [2.05, 4.69) is 0 Å². The van der Waals surface area contributed by atoms with Crippen LogP contribution >= 0.6 is 11.6 Å². The zero-order chi connectivity index (χ0) is 21.6. The SMILES string of the molecule is [B]C([B])(c1ccc(C2CC2)cc1)c1cc([C@@H]2O[C@H](CO)[C@@H](O)[C@H](O)[C@H]2O)ccc1Cl. The molecule has 1 heterocycles. The van der Waals surface area contributed by atoms with Gasteiger partial charge in [0.25, 0.3) is 0 Å². The third-order valence-electron chi connectivity index (χ3n) is 6.09. The minimum absolute atomic E-state index is 0.347. The molecule has 4 radical (unpaired) electrons. The van der Waals surface area contributed by atoms with Crippen molar-refractivity contribution in [2.45, 2.75) is 54.5 Å². The maximum atomic E-state index is 10.4. The first kappa shape index (κ1) is 21.9. The van der Waals surface area contributed by atoms with Crippen LogP contribution in [-0.4, -0.2) is 67.1 Å². The van der Waals surface area contributed by atoms with E-state index in [-0.39, 0.29) is 0 Å². The monoisotopic (exact) mass is 424 g/mol. The van der Waals surface area contributed by atoms with Gasteiger partial charge in [-0.15, -0.1) is 0 Å². The van der Waals surface area contributed by atoms with Crippen LogP contribution < -0.4 is 0 Å². The second-order valence-corrected chi connectivity index (χ2v) is 8.66. The number of halogens is 1. The van der Waals surface area contributed by atoms with Crippen molar-refractivity contribution in [1.29, 1.82) is 0 Å². The highest BCUT2D eigenvalue weighted by molar-refractivity contribution is 6.44. The highest BCUT2D eigenvalue weighted by Crippen LogP contribution is 2.41. The van der Waals surface area contributed by atoms with Gasteiger partial charge in [-0.1, -0.05) is 58.8 Å². The Kier molecular flexibility index (Phi) is 6.05. The third kappa shape index (κ3) is 3.95. The van der Waals surface area contributed by atoms with Crippen molar-refractivity contribution in [3.63, 3.8) is 0 Å². The molecule has 8 heteroatoms. The summed E-state index contributed by atoms with van der Waals surface area (Å²) in [5, 5.41) is 38.9. The molecule has 2 aromatic rings. The van der Waals surface area contributed by atoms with Gasteiger partial charge in [-0.2, -0.15) is 0 Å². The van der Waals surface area contributed by atoms with E-state index in [1.807, 2.05) is 24.3 Å². The van der Waals surface area contributed by atoms with Crippen molar-refractivity contribution in [3.05, 3.63) is 69.7 Å². The molecule has 5 atom stereocenters. The number of ether oxygens (including phenoxy) is 1. The van der Waals surface area contributed by atoms with Gasteiger partial charge in [0.2, 0.25) is 0 Å². The van der Waals surface area contributed by atoms with Crippen molar-refractivity contribution >= 4 is 27.3 Å². The summed E-state index contributed by atoms with van der Waals surface area (Å²) < 4.78 is 5.64. The van der Waals surface area contributed by atoms with Crippen molar-refractivity contribution in [1.82, 2.24) is 0 Å². The second kappa shape index (κ2) is 8.30. The molecule has 2 aliphatic rings. The van der Waals surface area contributed by atoms with Gasteiger partial charge in [0, 0.05) is 5.02 Å². The van der Waals surface area contributed by atoms with Gasteiger partial charge in [-0.3, -0.25) is 0 Å². The molecule has 4 rings (SSSR count). The van der Waals surface area contributed by atoms with Crippen LogP contribution in [0.2, 0.25) is 5.02 Å². The van der Waals surface area contributed by atoms with Crippen molar-refractivity contribution in [3.8, 4) is 0 Å². The predicted molar refractivity (Wildman–Crippen MR) is 115 cm³/mol. The Morgan fingerprint density at radius 2 is 1.57 bits per heavy atom. The maximum absolute atomic E-state index is 10.4. The Balaban J connectivity index is 1.67. The van der Waals surface area contributed by atoms with Crippen molar-refractivity contribution in [2.24, 2.45) is 0 Å². The molecule has 1 aliphatic carbocycles. The quantitative estimate of drug-likeness (QED) is 0.543. The van der Waals surface area contributed by atoms with Crippen molar-refractivity contribution in [2.75, 3.05) is 6.61 Å². The number of rotatable bonds is 5. The van der Waals surface area contributed by atoms with Crippen molar-refractivity contribution < 1.29 is 25.2 Å². The number of hydrogen-bond acceptors (Lipinski definition) is 5. The first-order valence-corrected chi connectivity index (χ1v) is 10.4. The first-order chi connectivity index (χ1) is 14.2. The lowest BCUT2D eigenvalue weighted by Crippen LogP contribution is -2.55. The van der Waals surface area contributed by atoms with E-state index in [9.17, 15) is 20.4 Å². The normalized spacial score (nSPS) is 29.7. The maximum Gasteiger partial charge on any atom is 0.113 e. The minimum Gasteiger partial charge on any atom is -0.394 e. The molecule has 0 amide bonds.